The lowest BCUT2D eigenvalue weighted by molar-refractivity contribution is -0.130. The summed E-state index contributed by atoms with van der Waals surface area (Å²) >= 11 is 1.24. The molecule has 4 aromatic rings. The second-order valence-corrected chi connectivity index (χ2v) is 10.9. The van der Waals surface area contributed by atoms with Gasteiger partial charge in [-0.1, -0.05) is 23.9 Å². The number of methoxy groups -OCH3 is 4. The minimum Gasteiger partial charge on any atom is -0.497 e. The van der Waals surface area contributed by atoms with E-state index < -0.39 is 6.04 Å². The van der Waals surface area contributed by atoms with Crippen molar-refractivity contribution in [2.24, 2.45) is 12.1 Å². The molecule has 13 heteroatoms. The standard InChI is InChI=1S/C32H34N6O6S/c1-37-28(18-33-31(40)21-11-15-23(42-3)16-12-21)34-35-32(37)45-19-29(39)38-26(24-7-6-8-27(43-4)30(24)44-5)17-25(36-38)20-9-13-22(41-2)14-10-20/h6-16,26H,17-19H2,1-5H3,(H,33,40)/t26-/m1/s1. The Labute approximate surface area is 265 Å². The average molecular weight is 631 g/mol. The average Bonchev–Trinajstić information content (AvgIpc) is 3.69. The number of rotatable bonds is 12. The van der Waals surface area contributed by atoms with Crippen molar-refractivity contribution < 1.29 is 28.5 Å². The Kier molecular flexibility index (Phi) is 9.88. The summed E-state index contributed by atoms with van der Waals surface area (Å²) < 4.78 is 23.4. The van der Waals surface area contributed by atoms with Gasteiger partial charge in [-0.25, -0.2) is 5.01 Å². The molecule has 1 N–H and O–H groups in total. The van der Waals surface area contributed by atoms with Gasteiger partial charge >= 0.3 is 0 Å². The molecule has 12 nitrogen and oxygen atoms in total. The molecule has 0 aliphatic carbocycles. The van der Waals surface area contributed by atoms with Crippen LogP contribution in [0.25, 0.3) is 0 Å². The number of nitrogens with zero attached hydrogens (tertiary/aromatic N) is 5. The molecule has 0 saturated carbocycles. The molecule has 1 aliphatic heterocycles. The molecule has 0 bridgehead atoms. The Balaban J connectivity index is 1.31. The highest BCUT2D eigenvalue weighted by Gasteiger charge is 2.35. The summed E-state index contributed by atoms with van der Waals surface area (Å²) in [5.74, 6) is 2.67. The van der Waals surface area contributed by atoms with Crippen LogP contribution in [0.1, 0.15) is 39.8 Å². The van der Waals surface area contributed by atoms with Gasteiger partial charge in [0.2, 0.25) is 0 Å². The minimum absolute atomic E-state index is 0.0619. The number of carbonyl (C=O) groups is 2. The largest absolute Gasteiger partial charge is 0.497 e. The van der Waals surface area contributed by atoms with E-state index in [1.54, 1.807) is 64.3 Å². The van der Waals surface area contributed by atoms with Crippen LogP contribution in [-0.4, -0.2) is 71.5 Å². The van der Waals surface area contributed by atoms with Crippen molar-refractivity contribution in [1.82, 2.24) is 25.1 Å². The lowest BCUT2D eigenvalue weighted by atomic mass is 9.97. The van der Waals surface area contributed by atoms with E-state index in [2.05, 4.69) is 15.5 Å². The smallest absolute Gasteiger partial charge is 0.253 e. The number of thioether (sulfide) groups is 1. The Morgan fingerprint density at radius 2 is 1.58 bits per heavy atom. The van der Waals surface area contributed by atoms with Crippen molar-refractivity contribution in [2.45, 2.75) is 24.2 Å². The molecule has 2 heterocycles. The van der Waals surface area contributed by atoms with Crippen LogP contribution in [0, 0.1) is 0 Å². The van der Waals surface area contributed by atoms with E-state index >= 15 is 0 Å². The summed E-state index contributed by atoms with van der Waals surface area (Å²) in [5, 5.41) is 18.1. The van der Waals surface area contributed by atoms with Crippen LogP contribution < -0.4 is 24.3 Å². The van der Waals surface area contributed by atoms with Gasteiger partial charge in [0.25, 0.3) is 11.8 Å². The zero-order chi connectivity index (χ0) is 31.9. The zero-order valence-electron chi connectivity index (χ0n) is 25.6. The molecule has 0 unspecified atom stereocenters. The maximum atomic E-state index is 13.8. The predicted molar refractivity (Wildman–Crippen MR) is 169 cm³/mol. The molecule has 3 aromatic carbocycles. The molecule has 2 amide bonds. The molecule has 45 heavy (non-hydrogen) atoms. The molecule has 5 rings (SSSR count). The fraction of sp³-hybridized carbons (Fsp3) is 0.281. The number of para-hydroxylation sites is 1. The van der Waals surface area contributed by atoms with Crippen LogP contribution in [0.15, 0.2) is 77.0 Å². The molecular formula is C32H34N6O6S. The van der Waals surface area contributed by atoms with Crippen LogP contribution in [0.4, 0.5) is 0 Å². The lowest BCUT2D eigenvalue weighted by Crippen LogP contribution is -2.29. The second-order valence-electron chi connectivity index (χ2n) is 9.97. The van der Waals surface area contributed by atoms with Gasteiger partial charge in [-0.2, -0.15) is 5.10 Å². The number of benzene rings is 3. The SMILES string of the molecule is COc1ccc(C(=O)NCc2nnc(SCC(=O)N3N=C(c4ccc(OC)cc4)C[C@@H]3c3cccc(OC)c3OC)n2C)cc1. The molecule has 0 saturated heterocycles. The second kappa shape index (κ2) is 14.2. The first kappa shape index (κ1) is 31.4. The van der Waals surface area contributed by atoms with E-state index in [4.69, 9.17) is 24.0 Å². The van der Waals surface area contributed by atoms with Gasteiger partial charge in [-0.05, 0) is 60.2 Å². The summed E-state index contributed by atoms with van der Waals surface area (Å²) in [7, 11) is 8.13. The van der Waals surface area contributed by atoms with Crippen molar-refractivity contribution in [2.75, 3.05) is 34.2 Å². The highest BCUT2D eigenvalue weighted by atomic mass is 32.2. The molecular weight excluding hydrogens is 596 g/mol. The number of ether oxygens (including phenoxy) is 4. The monoisotopic (exact) mass is 630 g/mol. The number of hydrazone groups is 1. The third-order valence-electron chi connectivity index (χ3n) is 7.39. The third kappa shape index (κ3) is 6.88. The highest BCUT2D eigenvalue weighted by molar-refractivity contribution is 7.99. The van der Waals surface area contributed by atoms with Gasteiger partial charge in [0.05, 0.1) is 52.5 Å². The van der Waals surface area contributed by atoms with Gasteiger partial charge in [0.15, 0.2) is 22.5 Å². The van der Waals surface area contributed by atoms with Gasteiger partial charge in [0.1, 0.15) is 11.5 Å². The molecule has 1 atom stereocenters. The van der Waals surface area contributed by atoms with Crippen molar-refractivity contribution in [3.8, 4) is 23.0 Å². The summed E-state index contributed by atoms with van der Waals surface area (Å²) in [6.07, 6.45) is 0.480. The van der Waals surface area contributed by atoms with Gasteiger partial charge in [-0.3, -0.25) is 9.59 Å². The number of hydrogen-bond donors (Lipinski definition) is 1. The number of carbonyl (C=O) groups excluding carboxylic acids is 2. The first-order valence-corrected chi connectivity index (χ1v) is 15.0. The van der Waals surface area contributed by atoms with E-state index in [1.807, 2.05) is 42.5 Å². The van der Waals surface area contributed by atoms with E-state index in [0.29, 0.717) is 40.2 Å². The summed E-state index contributed by atoms with van der Waals surface area (Å²) in [6.45, 7) is 0.169. The summed E-state index contributed by atoms with van der Waals surface area (Å²) in [5.41, 5.74) is 2.94. The normalized spacial score (nSPS) is 14.1. The van der Waals surface area contributed by atoms with Crippen molar-refractivity contribution >= 4 is 29.3 Å². The topological polar surface area (TPSA) is 129 Å². The Hall–Kier alpha value is -5.04. The van der Waals surface area contributed by atoms with Gasteiger partial charge in [-0.15, -0.1) is 10.2 Å². The molecule has 234 valence electrons. The summed E-state index contributed by atoms with van der Waals surface area (Å²) in [4.78, 5) is 26.3. The Bertz CT molecular complexity index is 1690. The lowest BCUT2D eigenvalue weighted by Gasteiger charge is -2.24. The van der Waals surface area contributed by atoms with Crippen LogP contribution in [0.2, 0.25) is 0 Å². The van der Waals surface area contributed by atoms with Crippen molar-refractivity contribution in [1.29, 1.82) is 0 Å². The fourth-order valence-corrected chi connectivity index (χ4v) is 5.72. The van der Waals surface area contributed by atoms with E-state index in [0.717, 1.165) is 22.6 Å². The first-order chi connectivity index (χ1) is 21.9. The maximum Gasteiger partial charge on any atom is 0.253 e. The zero-order valence-corrected chi connectivity index (χ0v) is 26.5. The van der Waals surface area contributed by atoms with Gasteiger partial charge in [0, 0.05) is 24.6 Å². The Morgan fingerprint density at radius 3 is 2.22 bits per heavy atom. The number of aromatic nitrogens is 3. The quantitative estimate of drug-likeness (QED) is 0.229. The highest BCUT2D eigenvalue weighted by Crippen LogP contribution is 2.42. The van der Waals surface area contributed by atoms with Crippen LogP contribution in [0.3, 0.4) is 0 Å². The third-order valence-corrected chi connectivity index (χ3v) is 8.40. The maximum absolute atomic E-state index is 13.8. The van der Waals surface area contributed by atoms with E-state index in [1.165, 1.54) is 16.8 Å². The van der Waals surface area contributed by atoms with Crippen molar-refractivity contribution in [3.63, 3.8) is 0 Å². The summed E-state index contributed by atoms with van der Waals surface area (Å²) in [6, 6.07) is 19.6. The predicted octanol–water partition coefficient (Wildman–Crippen LogP) is 4.25. The number of hydrogen-bond acceptors (Lipinski definition) is 10. The van der Waals surface area contributed by atoms with E-state index in [9.17, 15) is 9.59 Å². The number of amides is 2. The van der Waals surface area contributed by atoms with E-state index in [-0.39, 0.29) is 24.1 Å². The van der Waals surface area contributed by atoms with Gasteiger partial charge < -0.3 is 28.8 Å². The molecule has 0 spiro atoms. The fourth-order valence-electron chi connectivity index (χ4n) is 4.94. The van der Waals surface area contributed by atoms with Crippen LogP contribution in [0.5, 0.6) is 23.0 Å². The minimum atomic E-state index is -0.413. The molecule has 1 aliphatic rings. The molecule has 0 radical (unpaired) electrons. The number of nitrogens with one attached hydrogen (secondary N) is 1. The van der Waals surface area contributed by atoms with Crippen LogP contribution in [-0.2, 0) is 18.4 Å². The van der Waals surface area contributed by atoms with Crippen LogP contribution >= 0.6 is 11.8 Å². The molecule has 1 aromatic heterocycles. The molecule has 0 fully saturated rings. The Morgan fingerprint density at radius 1 is 0.889 bits per heavy atom. The van der Waals surface area contributed by atoms with Crippen molar-refractivity contribution in [3.05, 3.63) is 89.2 Å². The first-order valence-electron chi connectivity index (χ1n) is 14.0.